The fraction of sp³-hybridized carbons (Fsp3) is 0.200. The van der Waals surface area contributed by atoms with E-state index in [9.17, 15) is 4.79 Å². The number of benzene rings is 3. The van der Waals surface area contributed by atoms with Crippen LogP contribution in [0.4, 0.5) is 11.4 Å². The Kier molecular flexibility index (Phi) is 7.54. The number of hydrogen-bond donors (Lipinski definition) is 2. The normalized spacial score (nSPS) is 10.9. The topological polar surface area (TPSA) is 75.1 Å². The van der Waals surface area contributed by atoms with Crippen molar-refractivity contribution in [3.8, 4) is 5.69 Å². The van der Waals surface area contributed by atoms with Gasteiger partial charge in [-0.15, -0.1) is 10.2 Å². The van der Waals surface area contributed by atoms with Gasteiger partial charge >= 0.3 is 0 Å². The van der Waals surface area contributed by atoms with Gasteiger partial charge in [0.05, 0.1) is 16.3 Å². The lowest BCUT2D eigenvalue weighted by molar-refractivity contribution is 0.0978. The Hall–Kier alpha value is -3.20. The summed E-state index contributed by atoms with van der Waals surface area (Å²) in [4.78, 5) is 16.5. The first-order chi connectivity index (χ1) is 16.8. The fourth-order valence-corrected chi connectivity index (χ4v) is 4.28. The lowest BCUT2D eigenvalue weighted by Crippen LogP contribution is -2.34. The average molecular weight is 527 g/mol. The third-order valence-corrected chi connectivity index (χ3v) is 6.35. The summed E-state index contributed by atoms with van der Waals surface area (Å²) in [6, 6.07) is 16.6. The van der Waals surface area contributed by atoms with E-state index in [0.717, 1.165) is 35.5 Å². The van der Waals surface area contributed by atoms with Crippen LogP contribution >= 0.6 is 35.4 Å². The van der Waals surface area contributed by atoms with E-state index in [1.807, 2.05) is 31.2 Å². The van der Waals surface area contributed by atoms with E-state index in [4.69, 9.17) is 35.4 Å². The van der Waals surface area contributed by atoms with Crippen molar-refractivity contribution < 1.29 is 4.79 Å². The molecule has 4 rings (SSSR count). The zero-order valence-electron chi connectivity index (χ0n) is 19.5. The van der Waals surface area contributed by atoms with E-state index in [0.29, 0.717) is 16.2 Å². The molecular formula is C25H24Cl2N6OS. The molecule has 3 aromatic carbocycles. The first kappa shape index (κ1) is 24.9. The fourth-order valence-electron chi connectivity index (χ4n) is 3.70. The Balaban J connectivity index is 1.52. The van der Waals surface area contributed by atoms with Gasteiger partial charge in [-0.1, -0.05) is 23.2 Å². The standard InChI is InChI=1S/C25H24Cl2N6OS/c1-4-32(5-2)17-7-9-18(10-8-17)33-30-22-12-15(3)21(14-23(22)31-33)28-25(35)29-24(34)19-13-16(26)6-11-20(19)27/h6-14H,4-5H2,1-3H3,(H2,28,29,34,35). The lowest BCUT2D eigenvalue weighted by Gasteiger charge is -2.20. The lowest BCUT2D eigenvalue weighted by atomic mass is 10.2. The number of aryl methyl sites for hydroxylation is 1. The van der Waals surface area contributed by atoms with Crippen molar-refractivity contribution in [1.82, 2.24) is 20.3 Å². The highest BCUT2D eigenvalue weighted by Crippen LogP contribution is 2.24. The predicted molar refractivity (Wildman–Crippen MR) is 147 cm³/mol. The van der Waals surface area contributed by atoms with Gasteiger partial charge in [0.2, 0.25) is 0 Å². The van der Waals surface area contributed by atoms with Gasteiger partial charge in [-0.2, -0.15) is 4.80 Å². The molecule has 180 valence electrons. The Morgan fingerprint density at radius 2 is 1.66 bits per heavy atom. The number of hydrogen-bond acceptors (Lipinski definition) is 5. The van der Waals surface area contributed by atoms with Crippen molar-refractivity contribution in [3.05, 3.63) is 75.8 Å². The number of nitrogens with zero attached hydrogens (tertiary/aromatic N) is 4. The third kappa shape index (κ3) is 5.56. The van der Waals surface area contributed by atoms with E-state index in [1.54, 1.807) is 16.9 Å². The van der Waals surface area contributed by atoms with E-state index in [1.165, 1.54) is 6.07 Å². The second-order valence-electron chi connectivity index (χ2n) is 7.87. The maximum atomic E-state index is 12.6. The van der Waals surface area contributed by atoms with Crippen molar-refractivity contribution in [2.45, 2.75) is 20.8 Å². The van der Waals surface area contributed by atoms with Crippen LogP contribution < -0.4 is 15.5 Å². The number of carbonyl (C=O) groups excluding carboxylic acids is 1. The quantitative estimate of drug-likeness (QED) is 0.299. The number of halogens is 2. The first-order valence-corrected chi connectivity index (χ1v) is 12.3. The van der Waals surface area contributed by atoms with Gasteiger partial charge in [0.1, 0.15) is 11.0 Å². The van der Waals surface area contributed by atoms with Crippen LogP contribution in [0.2, 0.25) is 10.0 Å². The molecule has 1 heterocycles. The molecule has 7 nitrogen and oxygen atoms in total. The molecule has 0 bridgehead atoms. The van der Waals surface area contributed by atoms with E-state index in [-0.39, 0.29) is 15.7 Å². The van der Waals surface area contributed by atoms with Crippen LogP contribution in [0.5, 0.6) is 0 Å². The molecule has 0 aliphatic heterocycles. The maximum absolute atomic E-state index is 12.6. The molecule has 1 amide bonds. The summed E-state index contributed by atoms with van der Waals surface area (Å²) in [6.07, 6.45) is 0. The molecule has 0 aliphatic carbocycles. The molecule has 1 aromatic heterocycles. The molecule has 0 fully saturated rings. The highest BCUT2D eigenvalue weighted by molar-refractivity contribution is 7.80. The van der Waals surface area contributed by atoms with Gasteiger partial charge in [-0.3, -0.25) is 10.1 Å². The van der Waals surface area contributed by atoms with Crippen molar-refractivity contribution >= 4 is 68.8 Å². The van der Waals surface area contributed by atoms with Gasteiger partial charge in [-0.05, 0) is 93.1 Å². The number of anilines is 2. The minimum Gasteiger partial charge on any atom is -0.372 e. The number of carbonyl (C=O) groups is 1. The summed E-state index contributed by atoms with van der Waals surface area (Å²) in [5, 5.41) is 15.8. The summed E-state index contributed by atoms with van der Waals surface area (Å²) in [6.45, 7) is 8.10. The first-order valence-electron chi connectivity index (χ1n) is 11.1. The Labute approximate surface area is 219 Å². The van der Waals surface area contributed by atoms with E-state index in [2.05, 4.69) is 51.7 Å². The van der Waals surface area contributed by atoms with Crippen LogP contribution in [-0.2, 0) is 0 Å². The molecule has 2 N–H and O–H groups in total. The summed E-state index contributed by atoms with van der Waals surface area (Å²) in [5.41, 5.74) is 5.32. The summed E-state index contributed by atoms with van der Waals surface area (Å²) >= 11 is 17.4. The third-order valence-electron chi connectivity index (χ3n) is 5.58. The molecule has 0 spiro atoms. The molecule has 0 unspecified atom stereocenters. The predicted octanol–water partition coefficient (Wildman–Crippen LogP) is 6.01. The molecule has 0 saturated carbocycles. The SMILES string of the molecule is CCN(CC)c1ccc(-n2nc3cc(C)c(NC(=S)NC(=O)c4cc(Cl)ccc4Cl)cc3n2)cc1. The Bertz CT molecular complexity index is 1400. The second-order valence-corrected chi connectivity index (χ2v) is 9.12. The maximum Gasteiger partial charge on any atom is 0.258 e. The van der Waals surface area contributed by atoms with Crippen molar-refractivity contribution in [2.24, 2.45) is 0 Å². The second kappa shape index (κ2) is 10.6. The number of rotatable bonds is 6. The zero-order valence-corrected chi connectivity index (χ0v) is 21.8. The molecule has 10 heteroatoms. The van der Waals surface area contributed by atoms with Crippen molar-refractivity contribution in [3.63, 3.8) is 0 Å². The number of fused-ring (bicyclic) bond motifs is 1. The summed E-state index contributed by atoms with van der Waals surface area (Å²) in [7, 11) is 0. The zero-order chi connectivity index (χ0) is 25.1. The number of nitrogens with one attached hydrogen (secondary N) is 2. The smallest absolute Gasteiger partial charge is 0.258 e. The van der Waals surface area contributed by atoms with Gasteiger partial charge in [-0.25, -0.2) is 0 Å². The van der Waals surface area contributed by atoms with Crippen LogP contribution in [0, 0.1) is 6.92 Å². The van der Waals surface area contributed by atoms with Crippen LogP contribution in [0.1, 0.15) is 29.8 Å². The van der Waals surface area contributed by atoms with Crippen LogP contribution in [0.3, 0.4) is 0 Å². The van der Waals surface area contributed by atoms with Gasteiger partial charge in [0, 0.05) is 29.5 Å². The molecule has 0 saturated heterocycles. The Morgan fingerprint density at radius 1 is 1.00 bits per heavy atom. The molecule has 0 atom stereocenters. The van der Waals surface area contributed by atoms with Crippen molar-refractivity contribution in [2.75, 3.05) is 23.3 Å². The molecule has 0 radical (unpaired) electrons. The van der Waals surface area contributed by atoms with Gasteiger partial charge < -0.3 is 10.2 Å². The van der Waals surface area contributed by atoms with Crippen LogP contribution in [0.15, 0.2) is 54.6 Å². The minimum atomic E-state index is -0.451. The highest BCUT2D eigenvalue weighted by Gasteiger charge is 2.14. The van der Waals surface area contributed by atoms with Crippen LogP contribution in [-0.4, -0.2) is 39.1 Å². The average Bonchev–Trinajstić information content (AvgIpc) is 3.24. The highest BCUT2D eigenvalue weighted by atomic mass is 35.5. The molecule has 0 aliphatic rings. The van der Waals surface area contributed by atoms with Crippen molar-refractivity contribution in [1.29, 1.82) is 0 Å². The number of amides is 1. The summed E-state index contributed by atoms with van der Waals surface area (Å²) < 4.78 is 0. The number of aromatic nitrogens is 3. The van der Waals surface area contributed by atoms with Gasteiger partial charge in [0.25, 0.3) is 5.91 Å². The largest absolute Gasteiger partial charge is 0.372 e. The molecular weight excluding hydrogens is 503 g/mol. The van der Waals surface area contributed by atoms with E-state index >= 15 is 0 Å². The monoisotopic (exact) mass is 526 g/mol. The van der Waals surface area contributed by atoms with E-state index < -0.39 is 5.91 Å². The molecule has 4 aromatic rings. The Morgan fingerprint density at radius 3 is 2.31 bits per heavy atom. The summed E-state index contributed by atoms with van der Waals surface area (Å²) in [5.74, 6) is -0.451. The minimum absolute atomic E-state index is 0.132. The molecule has 35 heavy (non-hydrogen) atoms. The number of thiocarbonyl (C=S) groups is 1. The van der Waals surface area contributed by atoms with Crippen LogP contribution in [0.25, 0.3) is 16.7 Å². The van der Waals surface area contributed by atoms with Gasteiger partial charge in [0.15, 0.2) is 5.11 Å².